The quantitative estimate of drug-likeness (QED) is 0.686. The van der Waals surface area contributed by atoms with Gasteiger partial charge in [-0.15, -0.1) is 11.3 Å². The Morgan fingerprint density at radius 2 is 2.25 bits per heavy atom. The molecule has 1 N–H and O–H groups in total. The van der Waals surface area contributed by atoms with Crippen LogP contribution < -0.4 is 0 Å². The third-order valence-electron chi connectivity index (χ3n) is 1.85. The average molecular weight is 199 g/mol. The molecule has 0 atom stereocenters. The van der Waals surface area contributed by atoms with Crippen molar-refractivity contribution in [2.24, 2.45) is 0 Å². The smallest absolute Gasteiger partial charge is 0.127 e. The summed E-state index contributed by atoms with van der Waals surface area (Å²) >= 11 is 7.52. The zero-order valence-corrected chi connectivity index (χ0v) is 8.04. The molecule has 0 aliphatic heterocycles. The van der Waals surface area contributed by atoms with E-state index in [1.807, 2.05) is 18.4 Å². The van der Waals surface area contributed by atoms with Crippen molar-refractivity contribution < 1.29 is 5.11 Å². The van der Waals surface area contributed by atoms with Gasteiger partial charge in [-0.3, -0.25) is 0 Å². The Morgan fingerprint density at radius 1 is 1.50 bits per heavy atom. The van der Waals surface area contributed by atoms with E-state index < -0.39 is 0 Å². The third kappa shape index (κ3) is 0.993. The summed E-state index contributed by atoms with van der Waals surface area (Å²) in [7, 11) is 0. The maximum Gasteiger partial charge on any atom is 0.127 e. The van der Waals surface area contributed by atoms with Crippen LogP contribution >= 0.6 is 22.9 Å². The van der Waals surface area contributed by atoms with E-state index in [0.29, 0.717) is 5.75 Å². The normalized spacial score (nSPS) is 10.8. The van der Waals surface area contributed by atoms with E-state index in [1.54, 1.807) is 17.4 Å². The second-order valence-corrected chi connectivity index (χ2v) is 4.01. The Labute approximate surface area is 79.2 Å². The van der Waals surface area contributed by atoms with Gasteiger partial charge in [0.2, 0.25) is 0 Å². The molecule has 3 heteroatoms. The number of thiophene rings is 1. The molecule has 0 spiro atoms. The molecule has 1 nitrogen and oxygen atoms in total. The second kappa shape index (κ2) is 2.64. The molecule has 0 aliphatic carbocycles. The monoisotopic (exact) mass is 198 g/mol. The van der Waals surface area contributed by atoms with Gasteiger partial charge in [-0.05, 0) is 30.0 Å². The zero-order chi connectivity index (χ0) is 8.72. The molecule has 1 aromatic heterocycles. The Morgan fingerprint density at radius 3 is 3.00 bits per heavy atom. The number of fused-ring (bicyclic) bond motifs is 1. The third-order valence-corrected chi connectivity index (χ3v) is 3.21. The molecule has 0 aliphatic rings. The maximum atomic E-state index is 9.62. The SMILES string of the molecule is Cc1cc(Cl)c2sccc2c1O. The number of benzene rings is 1. The van der Waals surface area contributed by atoms with E-state index >= 15 is 0 Å². The van der Waals surface area contributed by atoms with Crippen molar-refractivity contribution >= 4 is 33.0 Å². The van der Waals surface area contributed by atoms with Crippen LogP contribution in [0.1, 0.15) is 5.56 Å². The van der Waals surface area contributed by atoms with E-state index in [9.17, 15) is 5.11 Å². The van der Waals surface area contributed by atoms with Gasteiger partial charge in [0.1, 0.15) is 5.75 Å². The minimum absolute atomic E-state index is 0.343. The lowest BCUT2D eigenvalue weighted by Crippen LogP contribution is -1.75. The molecule has 0 bridgehead atoms. The first-order valence-electron chi connectivity index (χ1n) is 3.55. The zero-order valence-electron chi connectivity index (χ0n) is 6.47. The fourth-order valence-corrected chi connectivity index (χ4v) is 2.42. The lowest BCUT2D eigenvalue weighted by Gasteiger charge is -2.01. The summed E-state index contributed by atoms with van der Waals surface area (Å²) < 4.78 is 0.958. The number of hydrogen-bond acceptors (Lipinski definition) is 2. The van der Waals surface area contributed by atoms with E-state index in [1.165, 1.54) is 0 Å². The van der Waals surface area contributed by atoms with Gasteiger partial charge in [-0.1, -0.05) is 11.6 Å². The van der Waals surface area contributed by atoms with Gasteiger partial charge in [0.15, 0.2) is 0 Å². The van der Waals surface area contributed by atoms with Crippen LogP contribution in [0.5, 0.6) is 5.75 Å². The van der Waals surface area contributed by atoms with E-state index in [4.69, 9.17) is 11.6 Å². The van der Waals surface area contributed by atoms with Crippen molar-refractivity contribution in [2.45, 2.75) is 6.92 Å². The van der Waals surface area contributed by atoms with Crippen molar-refractivity contribution in [1.82, 2.24) is 0 Å². The van der Waals surface area contributed by atoms with Crippen LogP contribution in [0, 0.1) is 6.92 Å². The molecule has 2 aromatic rings. The summed E-state index contributed by atoms with van der Waals surface area (Å²) in [5, 5.41) is 13.1. The highest BCUT2D eigenvalue weighted by atomic mass is 35.5. The number of phenolic OH excluding ortho intramolecular Hbond substituents is 1. The molecule has 1 heterocycles. The highest BCUT2D eigenvalue weighted by Crippen LogP contribution is 2.37. The van der Waals surface area contributed by atoms with Gasteiger partial charge >= 0.3 is 0 Å². The molecule has 0 saturated heterocycles. The molecule has 12 heavy (non-hydrogen) atoms. The summed E-state index contributed by atoms with van der Waals surface area (Å²) in [5.74, 6) is 0.343. The summed E-state index contributed by atoms with van der Waals surface area (Å²) in [6, 6.07) is 3.67. The van der Waals surface area contributed by atoms with Crippen LogP contribution in [0.25, 0.3) is 10.1 Å². The predicted molar refractivity (Wildman–Crippen MR) is 53.2 cm³/mol. The van der Waals surface area contributed by atoms with Gasteiger partial charge in [-0.25, -0.2) is 0 Å². The number of aryl methyl sites for hydroxylation is 1. The lowest BCUT2D eigenvalue weighted by atomic mass is 10.1. The molecular weight excluding hydrogens is 192 g/mol. The van der Waals surface area contributed by atoms with Crippen LogP contribution in [0.2, 0.25) is 5.02 Å². The van der Waals surface area contributed by atoms with Gasteiger partial charge in [0.25, 0.3) is 0 Å². The number of rotatable bonds is 0. The second-order valence-electron chi connectivity index (χ2n) is 2.69. The number of halogens is 1. The minimum Gasteiger partial charge on any atom is -0.507 e. The van der Waals surface area contributed by atoms with Gasteiger partial charge < -0.3 is 5.11 Å². The first-order chi connectivity index (χ1) is 5.70. The lowest BCUT2D eigenvalue weighted by molar-refractivity contribution is 0.477. The van der Waals surface area contributed by atoms with Crippen LogP contribution in [-0.2, 0) is 0 Å². The largest absolute Gasteiger partial charge is 0.507 e. The van der Waals surface area contributed by atoms with Crippen LogP contribution in [0.4, 0.5) is 0 Å². The Bertz CT molecular complexity index is 433. The van der Waals surface area contributed by atoms with E-state index in [0.717, 1.165) is 20.7 Å². The Hall–Kier alpha value is -0.730. The molecule has 0 fully saturated rings. The van der Waals surface area contributed by atoms with E-state index in [-0.39, 0.29) is 0 Å². The molecule has 1 aromatic carbocycles. The van der Waals surface area contributed by atoms with Crippen molar-refractivity contribution in [2.75, 3.05) is 0 Å². The standard InChI is InChI=1S/C9H7ClOS/c1-5-4-7(10)9-6(8(5)11)2-3-12-9/h2-4,11H,1H3. The summed E-state index contributed by atoms with van der Waals surface area (Å²) in [5.41, 5.74) is 0.825. The number of aromatic hydroxyl groups is 1. The van der Waals surface area contributed by atoms with Crippen LogP contribution in [-0.4, -0.2) is 5.11 Å². The Kier molecular flexibility index (Phi) is 1.74. The molecule has 2 rings (SSSR count). The first-order valence-corrected chi connectivity index (χ1v) is 4.81. The summed E-state index contributed by atoms with van der Waals surface area (Å²) in [4.78, 5) is 0. The number of hydrogen-bond donors (Lipinski definition) is 1. The van der Waals surface area contributed by atoms with Gasteiger partial charge in [0.05, 0.1) is 9.72 Å². The van der Waals surface area contributed by atoms with Crippen LogP contribution in [0.3, 0.4) is 0 Å². The molecule has 0 unspecified atom stereocenters. The topological polar surface area (TPSA) is 20.2 Å². The Balaban J connectivity index is 2.97. The first kappa shape index (κ1) is 7.90. The highest BCUT2D eigenvalue weighted by Gasteiger charge is 2.07. The fraction of sp³-hybridized carbons (Fsp3) is 0.111. The van der Waals surface area contributed by atoms with Crippen molar-refractivity contribution in [1.29, 1.82) is 0 Å². The summed E-state index contributed by atoms with van der Waals surface area (Å²) in [6.07, 6.45) is 0. The molecule has 0 saturated carbocycles. The van der Waals surface area contributed by atoms with Crippen molar-refractivity contribution in [3.05, 3.63) is 28.1 Å². The van der Waals surface area contributed by atoms with Gasteiger partial charge in [0, 0.05) is 5.39 Å². The van der Waals surface area contributed by atoms with Crippen molar-refractivity contribution in [3.63, 3.8) is 0 Å². The van der Waals surface area contributed by atoms with E-state index in [2.05, 4.69) is 0 Å². The minimum atomic E-state index is 0.343. The maximum absolute atomic E-state index is 9.62. The fourth-order valence-electron chi connectivity index (χ4n) is 1.22. The molecule has 0 amide bonds. The number of phenols is 1. The molecular formula is C9H7ClOS. The summed E-state index contributed by atoms with van der Waals surface area (Å²) in [6.45, 7) is 1.85. The molecule has 0 radical (unpaired) electrons. The van der Waals surface area contributed by atoms with Gasteiger partial charge in [-0.2, -0.15) is 0 Å². The van der Waals surface area contributed by atoms with Crippen molar-refractivity contribution in [3.8, 4) is 5.75 Å². The predicted octanol–water partition coefficient (Wildman–Crippen LogP) is 3.57. The highest BCUT2D eigenvalue weighted by molar-refractivity contribution is 7.18. The molecule has 62 valence electrons. The van der Waals surface area contributed by atoms with Crippen LogP contribution in [0.15, 0.2) is 17.5 Å². The average Bonchev–Trinajstić information content (AvgIpc) is 2.48.